The quantitative estimate of drug-likeness (QED) is 0.423. The first-order valence-corrected chi connectivity index (χ1v) is 12.6. The molecule has 1 atom stereocenters. The monoisotopic (exact) mass is 485 g/mol. The van der Waals surface area contributed by atoms with Crippen molar-refractivity contribution in [1.82, 2.24) is 5.32 Å². The van der Waals surface area contributed by atoms with Crippen molar-refractivity contribution in [2.45, 2.75) is 36.7 Å². The fraction of sp³-hybridized carbons (Fsp3) is 0.400. The van der Waals surface area contributed by atoms with Gasteiger partial charge in [-0.1, -0.05) is 12.1 Å². The van der Waals surface area contributed by atoms with Crippen LogP contribution < -0.4 is 15.1 Å². The van der Waals surface area contributed by atoms with Gasteiger partial charge in [0.2, 0.25) is 5.91 Å². The molecule has 0 spiro atoms. The average molecular weight is 486 g/mol. The molecule has 0 saturated carbocycles. The molecule has 2 amide bonds. The van der Waals surface area contributed by atoms with E-state index in [4.69, 9.17) is 4.74 Å². The van der Waals surface area contributed by atoms with Crippen molar-refractivity contribution in [3.8, 4) is 0 Å². The van der Waals surface area contributed by atoms with Gasteiger partial charge in [0.15, 0.2) is 5.78 Å². The van der Waals surface area contributed by atoms with Gasteiger partial charge in [-0.05, 0) is 49.4 Å². The van der Waals surface area contributed by atoms with E-state index in [0.29, 0.717) is 16.9 Å². The highest BCUT2D eigenvalue weighted by atomic mass is 32.2. The van der Waals surface area contributed by atoms with Gasteiger partial charge in [-0.25, -0.2) is 9.18 Å². The smallest absolute Gasteiger partial charge is 0.414 e. The average Bonchev–Trinajstić information content (AvgIpc) is 3.51. The van der Waals surface area contributed by atoms with Gasteiger partial charge >= 0.3 is 6.09 Å². The molecule has 2 heterocycles. The van der Waals surface area contributed by atoms with E-state index in [2.05, 4.69) is 5.32 Å². The lowest BCUT2D eigenvalue weighted by Crippen LogP contribution is -2.34. The van der Waals surface area contributed by atoms with Crippen LogP contribution >= 0.6 is 11.8 Å². The second kappa shape index (κ2) is 10.9. The van der Waals surface area contributed by atoms with Gasteiger partial charge in [0, 0.05) is 36.4 Å². The molecule has 0 unspecified atom stereocenters. The number of anilines is 2. The maximum Gasteiger partial charge on any atom is 0.414 e. The van der Waals surface area contributed by atoms with Crippen molar-refractivity contribution in [1.29, 1.82) is 0 Å². The number of ketones is 1. The van der Waals surface area contributed by atoms with Crippen molar-refractivity contribution in [2.75, 3.05) is 42.2 Å². The van der Waals surface area contributed by atoms with Crippen molar-refractivity contribution in [3.63, 3.8) is 0 Å². The Balaban J connectivity index is 1.24. The van der Waals surface area contributed by atoms with E-state index in [0.717, 1.165) is 30.8 Å². The Bertz CT molecular complexity index is 1060. The largest absolute Gasteiger partial charge is 0.442 e. The molecule has 0 aromatic heterocycles. The fourth-order valence-electron chi connectivity index (χ4n) is 4.18. The van der Waals surface area contributed by atoms with Crippen LogP contribution in [-0.4, -0.2) is 56.3 Å². The highest BCUT2D eigenvalue weighted by molar-refractivity contribution is 7.98. The molecular weight excluding hydrogens is 457 g/mol. The standard InChI is InChI=1S/C25H28FN3O4S/c1-34-20-7-4-17(5-8-20)23(30)10-11-24(31)27-15-19-16-29(25(32)33-19)18-6-9-22(21(26)14-18)28-12-2-3-13-28/h4-9,14,19H,2-3,10-13,15-16H2,1H3,(H,27,31)/t19-/m0/s1. The Morgan fingerprint density at radius 1 is 1.12 bits per heavy atom. The van der Waals surface area contributed by atoms with Gasteiger partial charge in [0.25, 0.3) is 0 Å². The van der Waals surface area contributed by atoms with Crippen molar-refractivity contribution >= 4 is 40.9 Å². The lowest BCUT2D eigenvalue weighted by atomic mass is 10.1. The van der Waals surface area contributed by atoms with Crippen LogP contribution in [0.1, 0.15) is 36.0 Å². The molecule has 0 radical (unpaired) electrons. The molecule has 2 aromatic carbocycles. The van der Waals surface area contributed by atoms with E-state index < -0.39 is 12.2 Å². The Morgan fingerprint density at radius 2 is 1.85 bits per heavy atom. The first-order chi connectivity index (χ1) is 16.4. The molecule has 0 aliphatic carbocycles. The maximum atomic E-state index is 14.6. The summed E-state index contributed by atoms with van der Waals surface area (Å²) in [6.45, 7) is 2.01. The highest BCUT2D eigenvalue weighted by Crippen LogP contribution is 2.29. The van der Waals surface area contributed by atoms with E-state index in [9.17, 15) is 18.8 Å². The minimum absolute atomic E-state index is 0.0522. The molecule has 7 nitrogen and oxygen atoms in total. The van der Waals surface area contributed by atoms with Gasteiger partial charge in [0.05, 0.1) is 24.5 Å². The summed E-state index contributed by atoms with van der Waals surface area (Å²) < 4.78 is 20.0. The predicted octanol–water partition coefficient (Wildman–Crippen LogP) is 4.25. The van der Waals surface area contributed by atoms with E-state index >= 15 is 0 Å². The number of carbonyl (C=O) groups excluding carboxylic acids is 3. The molecule has 2 aliphatic rings. The molecule has 1 N–H and O–H groups in total. The summed E-state index contributed by atoms with van der Waals surface area (Å²) >= 11 is 1.60. The van der Waals surface area contributed by atoms with Crippen LogP contribution in [0.5, 0.6) is 0 Å². The third kappa shape index (κ3) is 5.70. The van der Waals surface area contributed by atoms with Crippen LogP contribution in [0.4, 0.5) is 20.6 Å². The first-order valence-electron chi connectivity index (χ1n) is 11.4. The number of Topliss-reactive ketones (excluding diaryl/α,β-unsaturated/α-hetero) is 1. The number of rotatable bonds is 9. The number of halogens is 1. The van der Waals surface area contributed by atoms with E-state index in [1.54, 1.807) is 36.0 Å². The summed E-state index contributed by atoms with van der Waals surface area (Å²) in [4.78, 5) is 41.2. The summed E-state index contributed by atoms with van der Waals surface area (Å²) in [6, 6.07) is 12.1. The van der Waals surface area contributed by atoms with Crippen LogP contribution in [0.3, 0.4) is 0 Å². The minimum atomic E-state index is -0.573. The fourth-order valence-corrected chi connectivity index (χ4v) is 4.59. The minimum Gasteiger partial charge on any atom is -0.442 e. The summed E-state index contributed by atoms with van der Waals surface area (Å²) in [5, 5.41) is 2.72. The molecule has 2 saturated heterocycles. The maximum absolute atomic E-state index is 14.6. The number of hydrogen-bond acceptors (Lipinski definition) is 6. The molecule has 2 aliphatic heterocycles. The van der Waals surface area contributed by atoms with Crippen molar-refractivity contribution in [2.24, 2.45) is 0 Å². The lowest BCUT2D eigenvalue weighted by molar-refractivity contribution is -0.121. The topological polar surface area (TPSA) is 79.0 Å². The van der Waals surface area contributed by atoms with Crippen LogP contribution in [0.2, 0.25) is 0 Å². The number of amides is 2. The Kier molecular flexibility index (Phi) is 7.72. The SMILES string of the molecule is CSc1ccc(C(=O)CCC(=O)NC[C@H]2CN(c3ccc(N4CCCC4)c(F)c3)C(=O)O2)cc1. The molecule has 2 aromatic rings. The van der Waals surface area contributed by atoms with Gasteiger partial charge in [-0.2, -0.15) is 0 Å². The normalized spacial score (nSPS) is 17.7. The predicted molar refractivity (Wildman–Crippen MR) is 130 cm³/mol. The van der Waals surface area contributed by atoms with Gasteiger partial charge < -0.3 is 15.0 Å². The first kappa shape index (κ1) is 24.1. The van der Waals surface area contributed by atoms with Crippen molar-refractivity contribution in [3.05, 3.63) is 53.8 Å². The summed E-state index contributed by atoms with van der Waals surface area (Å²) in [7, 11) is 0. The van der Waals surface area contributed by atoms with Crippen LogP contribution in [0.15, 0.2) is 47.4 Å². The molecule has 2 fully saturated rings. The second-order valence-electron chi connectivity index (χ2n) is 8.40. The zero-order valence-corrected chi connectivity index (χ0v) is 19.9. The van der Waals surface area contributed by atoms with Crippen LogP contribution in [0, 0.1) is 5.82 Å². The van der Waals surface area contributed by atoms with Crippen LogP contribution in [0.25, 0.3) is 0 Å². The van der Waals surface area contributed by atoms with Crippen LogP contribution in [-0.2, 0) is 9.53 Å². The molecule has 9 heteroatoms. The van der Waals surface area contributed by atoms with E-state index in [1.807, 2.05) is 23.3 Å². The molecule has 0 bridgehead atoms. The Hall–Kier alpha value is -3.07. The van der Waals surface area contributed by atoms with Gasteiger partial charge in [-0.15, -0.1) is 11.8 Å². The lowest BCUT2D eigenvalue weighted by Gasteiger charge is -2.20. The van der Waals surface area contributed by atoms with Gasteiger partial charge in [0.1, 0.15) is 11.9 Å². The number of benzene rings is 2. The van der Waals surface area contributed by atoms with Gasteiger partial charge in [-0.3, -0.25) is 14.5 Å². The zero-order valence-electron chi connectivity index (χ0n) is 19.1. The number of nitrogens with zero attached hydrogens (tertiary/aromatic N) is 2. The molecule has 4 rings (SSSR count). The third-order valence-electron chi connectivity index (χ3n) is 6.08. The van der Waals surface area contributed by atoms with E-state index in [1.165, 1.54) is 11.0 Å². The molecular formula is C25H28FN3O4S. The number of hydrogen-bond donors (Lipinski definition) is 1. The second-order valence-corrected chi connectivity index (χ2v) is 9.28. The number of carbonyl (C=O) groups is 3. The summed E-state index contributed by atoms with van der Waals surface area (Å²) in [5.74, 6) is -0.748. The molecule has 34 heavy (non-hydrogen) atoms. The van der Waals surface area contributed by atoms with Crippen molar-refractivity contribution < 1.29 is 23.5 Å². The summed E-state index contributed by atoms with van der Waals surface area (Å²) in [6.07, 6.45) is 3.09. The number of nitrogens with one attached hydrogen (secondary N) is 1. The molecule has 180 valence electrons. The Morgan fingerprint density at radius 3 is 2.53 bits per heavy atom. The zero-order chi connectivity index (χ0) is 24.1. The number of ether oxygens (including phenoxy) is 1. The van der Waals surface area contributed by atoms with E-state index in [-0.39, 0.29) is 43.4 Å². The number of cyclic esters (lactones) is 1. The third-order valence-corrected chi connectivity index (χ3v) is 6.83. The summed E-state index contributed by atoms with van der Waals surface area (Å²) in [5.41, 5.74) is 1.55. The Labute approximate surface area is 202 Å². The highest BCUT2D eigenvalue weighted by Gasteiger charge is 2.33. The number of thioether (sulfide) groups is 1.